The molecule has 0 spiro atoms. The van der Waals surface area contributed by atoms with Crippen molar-refractivity contribution in [3.05, 3.63) is 93.5 Å². The molecule has 3 aromatic carbocycles. The second-order valence-electron chi connectivity index (χ2n) is 7.93. The summed E-state index contributed by atoms with van der Waals surface area (Å²) in [5.41, 5.74) is 3.32. The molecule has 0 aliphatic carbocycles. The Morgan fingerprint density at radius 3 is 2.49 bits per heavy atom. The van der Waals surface area contributed by atoms with E-state index < -0.39 is 0 Å². The lowest BCUT2D eigenvalue weighted by Crippen LogP contribution is -2.36. The number of amides is 2. The fraction of sp³-hybridized carbons (Fsp3) is 0.185. The highest BCUT2D eigenvalue weighted by Crippen LogP contribution is 2.28. The molecule has 6 nitrogen and oxygen atoms in total. The van der Waals surface area contributed by atoms with Crippen LogP contribution in [0.5, 0.6) is 11.5 Å². The molecule has 0 aliphatic heterocycles. The SMILES string of the molecule is COc1ccc(CCN(Cc2cc3ccccc3nc2Cl)C(=O)Nc2ccc(Br)cc2)cc1OC. The number of benzene rings is 3. The third-order valence-electron chi connectivity index (χ3n) is 5.61. The summed E-state index contributed by atoms with van der Waals surface area (Å²) < 4.78 is 11.7. The molecule has 180 valence electrons. The van der Waals surface area contributed by atoms with Crippen LogP contribution in [0.3, 0.4) is 0 Å². The van der Waals surface area contributed by atoms with Crippen LogP contribution in [0.1, 0.15) is 11.1 Å². The smallest absolute Gasteiger partial charge is 0.322 e. The van der Waals surface area contributed by atoms with Gasteiger partial charge in [-0.2, -0.15) is 0 Å². The molecule has 1 aromatic heterocycles. The number of fused-ring (bicyclic) bond motifs is 1. The van der Waals surface area contributed by atoms with Crippen LogP contribution in [0.2, 0.25) is 5.15 Å². The number of nitrogens with zero attached hydrogens (tertiary/aromatic N) is 2. The number of carbonyl (C=O) groups is 1. The zero-order chi connectivity index (χ0) is 24.8. The second kappa shape index (κ2) is 11.4. The van der Waals surface area contributed by atoms with Crippen molar-refractivity contribution in [2.24, 2.45) is 0 Å². The zero-order valence-corrected chi connectivity index (χ0v) is 21.8. The predicted molar refractivity (Wildman–Crippen MR) is 144 cm³/mol. The predicted octanol–water partition coefficient (Wildman–Crippen LogP) is 6.94. The summed E-state index contributed by atoms with van der Waals surface area (Å²) in [7, 11) is 3.21. The van der Waals surface area contributed by atoms with E-state index in [0.717, 1.165) is 26.5 Å². The lowest BCUT2D eigenvalue weighted by molar-refractivity contribution is 0.210. The molecule has 0 saturated heterocycles. The first-order valence-electron chi connectivity index (χ1n) is 11.0. The first-order chi connectivity index (χ1) is 17.0. The molecule has 1 heterocycles. The first kappa shape index (κ1) is 24.8. The molecule has 1 N–H and O–H groups in total. The highest BCUT2D eigenvalue weighted by Gasteiger charge is 2.18. The Kier molecular flexibility index (Phi) is 8.10. The molecule has 2 amide bonds. The van der Waals surface area contributed by atoms with Gasteiger partial charge >= 0.3 is 6.03 Å². The number of hydrogen-bond donors (Lipinski definition) is 1. The van der Waals surface area contributed by atoms with Crippen molar-refractivity contribution in [1.29, 1.82) is 0 Å². The molecule has 0 aliphatic rings. The number of pyridine rings is 1. The fourth-order valence-corrected chi connectivity index (χ4v) is 4.21. The summed E-state index contributed by atoms with van der Waals surface area (Å²) in [4.78, 5) is 19.6. The highest BCUT2D eigenvalue weighted by atomic mass is 79.9. The summed E-state index contributed by atoms with van der Waals surface area (Å²) in [6.07, 6.45) is 0.618. The van der Waals surface area contributed by atoms with Gasteiger partial charge in [0, 0.05) is 27.7 Å². The molecular formula is C27H25BrClN3O3. The number of hydrogen-bond acceptors (Lipinski definition) is 4. The van der Waals surface area contributed by atoms with Gasteiger partial charge in [0.25, 0.3) is 0 Å². The van der Waals surface area contributed by atoms with Crippen LogP contribution in [0, 0.1) is 0 Å². The number of para-hydroxylation sites is 1. The Hall–Kier alpha value is -3.29. The molecule has 0 saturated carbocycles. The Balaban J connectivity index is 1.58. The summed E-state index contributed by atoms with van der Waals surface area (Å²) in [6, 6.07) is 22.8. The Labute approximate surface area is 218 Å². The summed E-state index contributed by atoms with van der Waals surface area (Å²) in [5.74, 6) is 1.31. The number of aromatic nitrogens is 1. The molecule has 4 aromatic rings. The maximum Gasteiger partial charge on any atom is 0.322 e. The van der Waals surface area contributed by atoms with Crippen molar-refractivity contribution >= 4 is 50.2 Å². The summed E-state index contributed by atoms with van der Waals surface area (Å²) >= 11 is 9.94. The molecule has 8 heteroatoms. The summed E-state index contributed by atoms with van der Waals surface area (Å²) in [6.45, 7) is 0.771. The number of urea groups is 1. The number of carbonyl (C=O) groups excluding carboxylic acids is 1. The van der Waals surface area contributed by atoms with Crippen LogP contribution in [0.4, 0.5) is 10.5 Å². The van der Waals surface area contributed by atoms with Gasteiger partial charge in [-0.05, 0) is 60.5 Å². The average molecular weight is 555 g/mol. The molecule has 0 bridgehead atoms. The largest absolute Gasteiger partial charge is 0.493 e. The van der Waals surface area contributed by atoms with E-state index in [-0.39, 0.29) is 6.03 Å². The zero-order valence-electron chi connectivity index (χ0n) is 19.4. The minimum Gasteiger partial charge on any atom is -0.493 e. The molecule has 4 rings (SSSR count). The van der Waals surface area contributed by atoms with Crippen molar-refractivity contribution < 1.29 is 14.3 Å². The van der Waals surface area contributed by atoms with Gasteiger partial charge in [-0.1, -0.05) is 51.8 Å². The quantitative estimate of drug-likeness (QED) is 0.240. The molecular weight excluding hydrogens is 530 g/mol. The Morgan fingerprint density at radius 1 is 1.00 bits per heavy atom. The number of anilines is 1. The Bertz CT molecular complexity index is 1330. The second-order valence-corrected chi connectivity index (χ2v) is 9.20. The van der Waals surface area contributed by atoms with Crippen molar-refractivity contribution in [1.82, 2.24) is 9.88 Å². The van der Waals surface area contributed by atoms with E-state index in [0.29, 0.717) is 41.8 Å². The Morgan fingerprint density at radius 2 is 1.74 bits per heavy atom. The lowest BCUT2D eigenvalue weighted by Gasteiger charge is -2.24. The van der Waals surface area contributed by atoms with Crippen LogP contribution in [-0.2, 0) is 13.0 Å². The normalized spacial score (nSPS) is 10.7. The number of halogens is 2. The number of ether oxygens (including phenoxy) is 2. The van der Waals surface area contributed by atoms with Crippen LogP contribution < -0.4 is 14.8 Å². The van der Waals surface area contributed by atoms with Crippen LogP contribution in [0.25, 0.3) is 10.9 Å². The van der Waals surface area contributed by atoms with Gasteiger partial charge in [-0.15, -0.1) is 0 Å². The summed E-state index contributed by atoms with van der Waals surface area (Å²) in [5, 5.41) is 4.34. The molecule has 0 radical (unpaired) electrons. The lowest BCUT2D eigenvalue weighted by atomic mass is 10.1. The van der Waals surface area contributed by atoms with Crippen LogP contribution in [-0.4, -0.2) is 36.7 Å². The van der Waals surface area contributed by atoms with Crippen molar-refractivity contribution in [3.8, 4) is 11.5 Å². The van der Waals surface area contributed by atoms with Gasteiger partial charge in [0.05, 0.1) is 26.3 Å². The number of methoxy groups -OCH3 is 2. The fourth-order valence-electron chi connectivity index (χ4n) is 3.74. The van der Waals surface area contributed by atoms with Gasteiger partial charge in [0.15, 0.2) is 11.5 Å². The minimum absolute atomic E-state index is 0.225. The topological polar surface area (TPSA) is 63.7 Å². The highest BCUT2D eigenvalue weighted by molar-refractivity contribution is 9.10. The van der Waals surface area contributed by atoms with Crippen molar-refractivity contribution in [2.45, 2.75) is 13.0 Å². The van der Waals surface area contributed by atoms with Gasteiger partial charge in [-0.3, -0.25) is 0 Å². The van der Waals surface area contributed by atoms with Crippen molar-refractivity contribution in [2.75, 3.05) is 26.1 Å². The molecule has 0 fully saturated rings. The van der Waals surface area contributed by atoms with Crippen LogP contribution >= 0.6 is 27.5 Å². The maximum absolute atomic E-state index is 13.3. The van der Waals surface area contributed by atoms with Crippen molar-refractivity contribution in [3.63, 3.8) is 0 Å². The standard InChI is InChI=1S/C27H25BrClN3O3/c1-34-24-12-7-18(15-25(24)35-2)13-14-32(27(33)30-22-10-8-21(28)9-11-22)17-20-16-19-5-3-4-6-23(19)31-26(20)29/h3-12,15-16H,13-14,17H2,1-2H3,(H,30,33). The van der Waals surface area contributed by atoms with Gasteiger partial charge in [0.2, 0.25) is 0 Å². The van der Waals surface area contributed by atoms with E-state index >= 15 is 0 Å². The van der Waals surface area contributed by atoms with E-state index in [9.17, 15) is 4.79 Å². The third-order valence-corrected chi connectivity index (χ3v) is 6.47. The molecule has 0 atom stereocenters. The van der Waals surface area contributed by atoms with E-state index in [1.807, 2.05) is 72.8 Å². The van der Waals surface area contributed by atoms with Gasteiger partial charge in [0.1, 0.15) is 5.15 Å². The van der Waals surface area contributed by atoms with Gasteiger partial charge < -0.3 is 19.7 Å². The maximum atomic E-state index is 13.3. The monoisotopic (exact) mass is 553 g/mol. The molecule has 0 unspecified atom stereocenters. The third kappa shape index (κ3) is 6.24. The first-order valence-corrected chi connectivity index (χ1v) is 12.2. The minimum atomic E-state index is -0.225. The number of rotatable bonds is 8. The van der Waals surface area contributed by atoms with E-state index in [2.05, 4.69) is 26.2 Å². The van der Waals surface area contributed by atoms with E-state index in [4.69, 9.17) is 21.1 Å². The molecule has 35 heavy (non-hydrogen) atoms. The van der Waals surface area contributed by atoms with E-state index in [1.54, 1.807) is 19.1 Å². The average Bonchev–Trinajstić information content (AvgIpc) is 2.87. The van der Waals surface area contributed by atoms with Gasteiger partial charge in [-0.25, -0.2) is 9.78 Å². The van der Waals surface area contributed by atoms with E-state index in [1.165, 1.54) is 0 Å². The van der Waals surface area contributed by atoms with Crippen LogP contribution in [0.15, 0.2) is 77.3 Å². The number of nitrogens with one attached hydrogen (secondary N) is 1.